The lowest BCUT2D eigenvalue weighted by molar-refractivity contribution is -0.139. The molecule has 0 aliphatic carbocycles. The fourth-order valence-electron chi connectivity index (χ4n) is 2.84. The molecule has 0 N–H and O–H groups in total. The molecule has 0 spiro atoms. The van der Waals surface area contributed by atoms with Crippen LogP contribution in [0.1, 0.15) is 22.7 Å². The smallest absolute Gasteiger partial charge is 0.227 e. The lowest BCUT2D eigenvalue weighted by Gasteiger charge is -2.36. The Kier molecular flexibility index (Phi) is 4.54. The van der Waals surface area contributed by atoms with Gasteiger partial charge in [-0.2, -0.15) is 0 Å². The van der Waals surface area contributed by atoms with E-state index in [1.807, 2.05) is 35.2 Å². The molecule has 22 heavy (non-hydrogen) atoms. The van der Waals surface area contributed by atoms with Gasteiger partial charge >= 0.3 is 0 Å². The van der Waals surface area contributed by atoms with Crippen LogP contribution < -0.4 is 0 Å². The maximum Gasteiger partial charge on any atom is 0.227 e. The quantitative estimate of drug-likeness (QED) is 0.870. The first-order valence-electron chi connectivity index (χ1n) is 7.72. The van der Waals surface area contributed by atoms with Crippen LogP contribution in [0, 0.1) is 6.92 Å². The number of hydrogen-bond acceptors (Lipinski definition) is 2. The van der Waals surface area contributed by atoms with Crippen molar-refractivity contribution in [1.82, 2.24) is 4.90 Å². The zero-order chi connectivity index (χ0) is 15.4. The normalized spacial score (nSPS) is 18.2. The number of morpholine rings is 1. The average molecular weight is 295 g/mol. The van der Waals surface area contributed by atoms with E-state index in [2.05, 4.69) is 31.2 Å². The van der Waals surface area contributed by atoms with Gasteiger partial charge in [-0.25, -0.2) is 0 Å². The summed E-state index contributed by atoms with van der Waals surface area (Å²) in [6, 6.07) is 18.3. The van der Waals surface area contributed by atoms with Crippen LogP contribution in [0.4, 0.5) is 0 Å². The molecule has 1 fully saturated rings. The maximum absolute atomic E-state index is 12.7. The van der Waals surface area contributed by atoms with E-state index in [4.69, 9.17) is 4.74 Å². The number of carbonyl (C=O) groups excluding carboxylic acids is 1. The van der Waals surface area contributed by atoms with Gasteiger partial charge in [0, 0.05) is 6.54 Å². The highest BCUT2D eigenvalue weighted by Crippen LogP contribution is 2.24. The predicted molar refractivity (Wildman–Crippen MR) is 86.6 cm³/mol. The van der Waals surface area contributed by atoms with Crippen LogP contribution in [0.3, 0.4) is 0 Å². The molecule has 0 aromatic heterocycles. The van der Waals surface area contributed by atoms with Gasteiger partial charge in [0.05, 0.1) is 25.7 Å². The van der Waals surface area contributed by atoms with Crippen LogP contribution in [0.25, 0.3) is 0 Å². The highest BCUT2D eigenvalue weighted by molar-refractivity contribution is 5.79. The van der Waals surface area contributed by atoms with Crippen LogP contribution in [-0.2, 0) is 16.0 Å². The number of hydrogen-bond donors (Lipinski definition) is 0. The fourth-order valence-corrected chi connectivity index (χ4v) is 2.84. The summed E-state index contributed by atoms with van der Waals surface area (Å²) in [5.74, 6) is 0.168. The third-order valence-electron chi connectivity index (χ3n) is 4.11. The molecule has 1 aliphatic heterocycles. The minimum absolute atomic E-state index is 0.0212. The molecule has 2 aromatic rings. The molecule has 3 nitrogen and oxygen atoms in total. The number of benzene rings is 2. The molecule has 3 rings (SSSR count). The van der Waals surface area contributed by atoms with E-state index < -0.39 is 0 Å². The molecule has 0 saturated carbocycles. The molecule has 1 saturated heterocycles. The Morgan fingerprint density at radius 2 is 1.86 bits per heavy atom. The fraction of sp³-hybridized carbons (Fsp3) is 0.316. The van der Waals surface area contributed by atoms with Crippen LogP contribution in [0.15, 0.2) is 54.6 Å². The second-order valence-corrected chi connectivity index (χ2v) is 5.75. The van der Waals surface area contributed by atoms with Crippen molar-refractivity contribution < 1.29 is 9.53 Å². The van der Waals surface area contributed by atoms with Gasteiger partial charge in [-0.1, -0.05) is 60.2 Å². The van der Waals surface area contributed by atoms with E-state index in [0.29, 0.717) is 26.2 Å². The topological polar surface area (TPSA) is 29.5 Å². The van der Waals surface area contributed by atoms with E-state index in [1.165, 1.54) is 5.56 Å². The number of aryl methyl sites for hydroxylation is 1. The number of rotatable bonds is 3. The first-order valence-corrected chi connectivity index (χ1v) is 7.72. The Hall–Kier alpha value is -2.13. The SMILES string of the molecule is Cc1ccc(CC(=O)N2CCOCC2c2ccccc2)cc1. The van der Waals surface area contributed by atoms with Crippen molar-refractivity contribution in [1.29, 1.82) is 0 Å². The van der Waals surface area contributed by atoms with Gasteiger partial charge in [-0.15, -0.1) is 0 Å². The summed E-state index contributed by atoms with van der Waals surface area (Å²) in [6.07, 6.45) is 0.448. The molecule has 1 amide bonds. The summed E-state index contributed by atoms with van der Waals surface area (Å²) in [5, 5.41) is 0. The second kappa shape index (κ2) is 6.75. The average Bonchev–Trinajstić information content (AvgIpc) is 2.58. The van der Waals surface area contributed by atoms with Crippen molar-refractivity contribution in [2.24, 2.45) is 0 Å². The van der Waals surface area contributed by atoms with Crippen LogP contribution in [-0.4, -0.2) is 30.6 Å². The van der Waals surface area contributed by atoms with E-state index in [9.17, 15) is 4.79 Å². The molecule has 3 heteroatoms. The van der Waals surface area contributed by atoms with Crippen molar-refractivity contribution in [3.8, 4) is 0 Å². The Morgan fingerprint density at radius 1 is 1.14 bits per heavy atom. The van der Waals surface area contributed by atoms with Crippen molar-refractivity contribution in [2.45, 2.75) is 19.4 Å². The summed E-state index contributed by atoms with van der Waals surface area (Å²) in [6.45, 7) is 3.90. The van der Waals surface area contributed by atoms with E-state index in [-0.39, 0.29) is 11.9 Å². The molecule has 1 unspecified atom stereocenters. The molecule has 1 heterocycles. The monoisotopic (exact) mass is 295 g/mol. The Bertz CT molecular complexity index is 622. The lowest BCUT2D eigenvalue weighted by atomic mass is 10.0. The molecule has 1 aliphatic rings. The zero-order valence-electron chi connectivity index (χ0n) is 12.9. The highest BCUT2D eigenvalue weighted by atomic mass is 16.5. The molecular formula is C19H21NO2. The number of carbonyl (C=O) groups is 1. The van der Waals surface area contributed by atoms with Gasteiger partial charge < -0.3 is 9.64 Å². The first-order chi connectivity index (χ1) is 10.7. The Labute approximate surface area is 131 Å². The van der Waals surface area contributed by atoms with Crippen molar-refractivity contribution in [2.75, 3.05) is 19.8 Å². The number of amides is 1. The number of ether oxygens (including phenoxy) is 1. The first kappa shape index (κ1) is 14.8. The number of nitrogens with zero attached hydrogens (tertiary/aromatic N) is 1. The molecule has 0 radical (unpaired) electrons. The van der Waals surface area contributed by atoms with Gasteiger partial charge in [-0.3, -0.25) is 4.79 Å². The standard InChI is InChI=1S/C19H21NO2/c1-15-7-9-16(10-8-15)13-19(21)20-11-12-22-14-18(20)17-5-3-2-4-6-17/h2-10,18H,11-14H2,1H3. The summed E-state index contributed by atoms with van der Waals surface area (Å²) < 4.78 is 5.59. The lowest BCUT2D eigenvalue weighted by Crippen LogP contribution is -2.44. The van der Waals surface area contributed by atoms with Gasteiger partial charge in [0.2, 0.25) is 5.91 Å². The minimum atomic E-state index is 0.0212. The van der Waals surface area contributed by atoms with E-state index >= 15 is 0 Å². The van der Waals surface area contributed by atoms with Gasteiger partial charge in [0.15, 0.2) is 0 Å². The van der Waals surface area contributed by atoms with Crippen LogP contribution in [0.5, 0.6) is 0 Å². The summed E-state index contributed by atoms with van der Waals surface area (Å²) in [7, 11) is 0. The van der Waals surface area contributed by atoms with E-state index in [1.54, 1.807) is 0 Å². The van der Waals surface area contributed by atoms with Crippen molar-refractivity contribution in [3.63, 3.8) is 0 Å². The summed E-state index contributed by atoms with van der Waals surface area (Å²) >= 11 is 0. The third-order valence-corrected chi connectivity index (χ3v) is 4.11. The minimum Gasteiger partial charge on any atom is -0.377 e. The Balaban J connectivity index is 1.75. The predicted octanol–water partition coefficient (Wildman–Crippen LogP) is 3.14. The molecule has 1 atom stereocenters. The van der Waals surface area contributed by atoms with Gasteiger partial charge in [0.1, 0.15) is 0 Å². The highest BCUT2D eigenvalue weighted by Gasteiger charge is 2.28. The third kappa shape index (κ3) is 3.37. The molecule has 2 aromatic carbocycles. The zero-order valence-corrected chi connectivity index (χ0v) is 12.9. The molecular weight excluding hydrogens is 274 g/mol. The Morgan fingerprint density at radius 3 is 2.59 bits per heavy atom. The summed E-state index contributed by atoms with van der Waals surface area (Å²) in [4.78, 5) is 14.7. The van der Waals surface area contributed by atoms with Crippen LogP contribution >= 0.6 is 0 Å². The maximum atomic E-state index is 12.7. The van der Waals surface area contributed by atoms with Gasteiger partial charge in [-0.05, 0) is 18.1 Å². The molecule has 0 bridgehead atoms. The van der Waals surface area contributed by atoms with Crippen molar-refractivity contribution in [3.05, 3.63) is 71.3 Å². The van der Waals surface area contributed by atoms with Gasteiger partial charge in [0.25, 0.3) is 0 Å². The largest absolute Gasteiger partial charge is 0.377 e. The van der Waals surface area contributed by atoms with Crippen molar-refractivity contribution >= 4 is 5.91 Å². The second-order valence-electron chi connectivity index (χ2n) is 5.75. The molecule has 114 valence electrons. The van der Waals surface area contributed by atoms with Crippen LogP contribution in [0.2, 0.25) is 0 Å². The summed E-state index contributed by atoms with van der Waals surface area (Å²) in [5.41, 5.74) is 3.41. The van der Waals surface area contributed by atoms with E-state index in [0.717, 1.165) is 11.1 Å².